The van der Waals surface area contributed by atoms with Gasteiger partial charge in [0.05, 0.1) is 0 Å². The zero-order valence-corrected chi connectivity index (χ0v) is 11.7. The molecule has 1 atom stereocenters. The predicted molar refractivity (Wildman–Crippen MR) is 71.4 cm³/mol. The Morgan fingerprint density at radius 1 is 1.42 bits per heavy atom. The van der Waals surface area contributed by atoms with Crippen molar-refractivity contribution in [3.8, 4) is 0 Å². The zero-order valence-electron chi connectivity index (χ0n) is 10.0. The van der Waals surface area contributed by atoms with Gasteiger partial charge < -0.3 is 5.73 Å². The molecule has 0 spiro atoms. The fourth-order valence-electron chi connectivity index (χ4n) is 1.87. The summed E-state index contributed by atoms with van der Waals surface area (Å²) in [6.07, 6.45) is 1.96. The molecule has 106 valence electrons. The molecule has 0 aromatic heterocycles. The van der Waals surface area contributed by atoms with Gasteiger partial charge in [0.2, 0.25) is 10.0 Å². The summed E-state index contributed by atoms with van der Waals surface area (Å²) in [5, 5.41) is 0.184. The minimum atomic E-state index is -4.08. The smallest absolute Gasteiger partial charge is 0.243 e. The van der Waals surface area contributed by atoms with Crippen LogP contribution in [0.15, 0.2) is 17.0 Å². The van der Waals surface area contributed by atoms with E-state index in [4.69, 9.17) is 5.73 Å². The highest BCUT2D eigenvalue weighted by Gasteiger charge is 2.24. The molecule has 1 aliphatic rings. The lowest BCUT2D eigenvalue weighted by molar-refractivity contribution is 0.483. The van der Waals surface area contributed by atoms with Crippen molar-refractivity contribution in [2.24, 2.45) is 0 Å². The van der Waals surface area contributed by atoms with Crippen LogP contribution in [-0.2, 0) is 10.0 Å². The van der Waals surface area contributed by atoms with E-state index < -0.39 is 26.6 Å². The second-order valence-electron chi connectivity index (χ2n) is 4.30. The molecule has 0 amide bonds. The molecule has 8 heteroatoms. The van der Waals surface area contributed by atoms with E-state index in [1.54, 1.807) is 11.8 Å². The van der Waals surface area contributed by atoms with Crippen LogP contribution >= 0.6 is 11.8 Å². The van der Waals surface area contributed by atoms with Gasteiger partial charge in [-0.15, -0.1) is 0 Å². The summed E-state index contributed by atoms with van der Waals surface area (Å²) in [6, 6.07) is 1.67. The van der Waals surface area contributed by atoms with Crippen LogP contribution in [0.25, 0.3) is 0 Å². The van der Waals surface area contributed by atoms with E-state index in [0.717, 1.165) is 30.7 Å². The molecule has 0 aliphatic carbocycles. The number of benzene rings is 1. The molecular formula is C11H14F2N2O2S2. The minimum Gasteiger partial charge on any atom is -0.399 e. The molecule has 19 heavy (non-hydrogen) atoms. The number of nitrogens with two attached hydrogens (primary N) is 1. The average Bonchev–Trinajstić information content (AvgIpc) is 2.84. The molecule has 3 N–H and O–H groups in total. The number of hydrogen-bond donors (Lipinski definition) is 2. The van der Waals surface area contributed by atoms with Crippen LogP contribution in [0.4, 0.5) is 14.5 Å². The molecular weight excluding hydrogens is 294 g/mol. The zero-order chi connectivity index (χ0) is 14.0. The average molecular weight is 308 g/mol. The van der Waals surface area contributed by atoms with E-state index in [2.05, 4.69) is 4.72 Å². The molecule has 1 fully saturated rings. The largest absolute Gasteiger partial charge is 0.399 e. The van der Waals surface area contributed by atoms with Crippen LogP contribution < -0.4 is 10.5 Å². The monoisotopic (exact) mass is 308 g/mol. The summed E-state index contributed by atoms with van der Waals surface area (Å²) in [5.74, 6) is -1.68. The Kier molecular flexibility index (Phi) is 4.32. The summed E-state index contributed by atoms with van der Waals surface area (Å²) < 4.78 is 52.8. The van der Waals surface area contributed by atoms with E-state index >= 15 is 0 Å². The Morgan fingerprint density at radius 3 is 2.79 bits per heavy atom. The van der Waals surface area contributed by atoms with Gasteiger partial charge in [-0.05, 0) is 30.7 Å². The lowest BCUT2D eigenvalue weighted by Crippen LogP contribution is -2.30. The molecule has 1 saturated heterocycles. The van der Waals surface area contributed by atoms with Gasteiger partial charge >= 0.3 is 0 Å². The maximum atomic E-state index is 13.5. The summed E-state index contributed by atoms with van der Waals surface area (Å²) >= 11 is 1.67. The van der Waals surface area contributed by atoms with Crippen LogP contribution in [0.1, 0.15) is 12.8 Å². The first-order chi connectivity index (χ1) is 8.90. The molecule has 4 nitrogen and oxygen atoms in total. The van der Waals surface area contributed by atoms with Crippen molar-refractivity contribution >= 4 is 27.5 Å². The Morgan fingerprint density at radius 2 is 2.16 bits per heavy atom. The number of hydrogen-bond acceptors (Lipinski definition) is 4. The molecule has 1 aromatic carbocycles. The van der Waals surface area contributed by atoms with Crippen molar-refractivity contribution < 1.29 is 17.2 Å². The third-order valence-electron chi connectivity index (χ3n) is 2.83. The molecule has 0 radical (unpaired) electrons. The molecule has 2 rings (SSSR count). The number of nitrogen functional groups attached to an aromatic ring is 1. The van der Waals surface area contributed by atoms with Crippen molar-refractivity contribution in [2.45, 2.75) is 23.0 Å². The second kappa shape index (κ2) is 5.64. The third kappa shape index (κ3) is 3.37. The van der Waals surface area contributed by atoms with Crippen LogP contribution in [0.5, 0.6) is 0 Å². The van der Waals surface area contributed by atoms with Gasteiger partial charge in [0.1, 0.15) is 4.90 Å². The van der Waals surface area contributed by atoms with Crippen molar-refractivity contribution in [1.82, 2.24) is 4.72 Å². The van der Waals surface area contributed by atoms with Crippen molar-refractivity contribution in [3.05, 3.63) is 23.8 Å². The van der Waals surface area contributed by atoms with Crippen LogP contribution in [0, 0.1) is 11.6 Å². The fraction of sp³-hybridized carbons (Fsp3) is 0.455. The van der Waals surface area contributed by atoms with Gasteiger partial charge in [0, 0.05) is 17.5 Å². The van der Waals surface area contributed by atoms with Gasteiger partial charge in [-0.3, -0.25) is 0 Å². The number of halogens is 2. The Balaban J connectivity index is 2.19. The van der Waals surface area contributed by atoms with Crippen LogP contribution in [0.2, 0.25) is 0 Å². The first-order valence-electron chi connectivity index (χ1n) is 5.76. The van der Waals surface area contributed by atoms with Gasteiger partial charge in [-0.2, -0.15) is 11.8 Å². The predicted octanol–water partition coefficient (Wildman–Crippen LogP) is 1.72. The normalized spacial score (nSPS) is 19.8. The lowest BCUT2D eigenvalue weighted by atomic mass is 10.2. The van der Waals surface area contributed by atoms with E-state index in [1.165, 1.54) is 0 Å². The van der Waals surface area contributed by atoms with Crippen molar-refractivity contribution in [3.63, 3.8) is 0 Å². The number of rotatable bonds is 4. The van der Waals surface area contributed by atoms with Crippen molar-refractivity contribution in [1.29, 1.82) is 0 Å². The number of nitrogens with one attached hydrogen (secondary N) is 1. The van der Waals surface area contributed by atoms with E-state index in [0.29, 0.717) is 0 Å². The van der Waals surface area contributed by atoms with E-state index in [9.17, 15) is 17.2 Å². The quantitative estimate of drug-likeness (QED) is 0.831. The van der Waals surface area contributed by atoms with Crippen molar-refractivity contribution in [2.75, 3.05) is 18.0 Å². The number of sulfonamides is 1. The third-order valence-corrected chi connectivity index (χ3v) is 5.65. The standard InChI is InChI=1S/C11H14F2N2O2S2/c12-9-4-7(14)5-10(11(9)13)19(16,17)15-6-8-2-1-3-18-8/h4-5,8,15H,1-3,6,14H2. The van der Waals surface area contributed by atoms with Gasteiger partial charge in [0.25, 0.3) is 0 Å². The molecule has 1 unspecified atom stereocenters. The minimum absolute atomic E-state index is 0.130. The van der Waals surface area contributed by atoms with Gasteiger partial charge in [-0.25, -0.2) is 21.9 Å². The Labute approximate surface area is 114 Å². The highest BCUT2D eigenvalue weighted by Crippen LogP contribution is 2.26. The first-order valence-corrected chi connectivity index (χ1v) is 8.29. The summed E-state index contributed by atoms with van der Waals surface area (Å²) in [6.45, 7) is 0.211. The molecule has 1 heterocycles. The Bertz CT molecular complexity index is 572. The van der Waals surface area contributed by atoms with Gasteiger partial charge in [0.15, 0.2) is 11.6 Å². The number of thioether (sulfide) groups is 1. The highest BCUT2D eigenvalue weighted by atomic mass is 32.2. The van der Waals surface area contributed by atoms with E-state index in [-0.39, 0.29) is 17.5 Å². The summed E-state index contributed by atoms with van der Waals surface area (Å²) in [4.78, 5) is -0.743. The topological polar surface area (TPSA) is 72.2 Å². The van der Waals surface area contributed by atoms with Crippen LogP contribution in [0.3, 0.4) is 0 Å². The molecule has 0 saturated carbocycles. The SMILES string of the molecule is Nc1cc(F)c(F)c(S(=O)(=O)NCC2CCCS2)c1. The lowest BCUT2D eigenvalue weighted by Gasteiger charge is -2.12. The summed E-state index contributed by atoms with van der Waals surface area (Å²) in [7, 11) is -4.08. The molecule has 1 aromatic rings. The Hall–Kier alpha value is -0.860. The maximum absolute atomic E-state index is 13.5. The molecule has 0 bridgehead atoms. The second-order valence-corrected chi connectivity index (χ2v) is 7.45. The van der Waals surface area contributed by atoms with Gasteiger partial charge in [-0.1, -0.05) is 0 Å². The van der Waals surface area contributed by atoms with Crippen LogP contribution in [-0.4, -0.2) is 26.0 Å². The summed E-state index contributed by atoms with van der Waals surface area (Å²) in [5.41, 5.74) is 5.21. The highest BCUT2D eigenvalue weighted by molar-refractivity contribution is 8.00. The fourth-order valence-corrected chi connectivity index (χ4v) is 4.37. The maximum Gasteiger partial charge on any atom is 0.243 e. The molecule has 1 aliphatic heterocycles. The number of anilines is 1. The van der Waals surface area contributed by atoms with E-state index in [1.807, 2.05) is 0 Å². The first kappa shape index (κ1) is 14.5.